The van der Waals surface area contributed by atoms with Gasteiger partial charge in [-0.25, -0.2) is 8.42 Å². The number of nitrogens with one attached hydrogen (secondary N) is 2. The number of pyridine rings is 1. The van der Waals surface area contributed by atoms with Crippen LogP contribution in [0.2, 0.25) is 0 Å². The molecule has 9 nitrogen and oxygen atoms in total. The summed E-state index contributed by atoms with van der Waals surface area (Å²) < 4.78 is 33.6. The van der Waals surface area contributed by atoms with E-state index < -0.39 is 10.0 Å². The molecule has 1 amide bonds. The normalized spacial score (nSPS) is 14.4. The highest BCUT2D eigenvalue weighted by atomic mass is 32.2. The van der Waals surface area contributed by atoms with Crippen molar-refractivity contribution in [3.05, 3.63) is 73.1 Å². The average Bonchev–Trinajstić information content (AvgIpc) is 3.40. The third-order valence-electron chi connectivity index (χ3n) is 5.68. The maximum absolute atomic E-state index is 12.9. The molecule has 4 aromatic rings. The molecule has 0 bridgehead atoms. The Morgan fingerprint density at radius 2 is 1.76 bits per heavy atom. The second-order valence-electron chi connectivity index (χ2n) is 8.39. The molecule has 2 aromatic heterocycles. The van der Waals surface area contributed by atoms with Crippen molar-refractivity contribution in [2.75, 3.05) is 10.0 Å². The van der Waals surface area contributed by atoms with E-state index >= 15 is 0 Å². The fourth-order valence-corrected chi connectivity index (χ4v) is 4.35. The van der Waals surface area contributed by atoms with Crippen LogP contribution in [0.4, 0.5) is 11.4 Å². The van der Waals surface area contributed by atoms with Crippen LogP contribution in [-0.4, -0.2) is 29.4 Å². The van der Waals surface area contributed by atoms with Gasteiger partial charge in [0.05, 0.1) is 16.1 Å². The number of hydrogen-bond donors (Lipinski definition) is 2. The van der Waals surface area contributed by atoms with E-state index in [-0.39, 0.29) is 16.2 Å². The first kappa shape index (κ1) is 21.8. The number of carbonyl (C=O) groups is 1. The lowest BCUT2D eigenvalue weighted by atomic mass is 10.1. The van der Waals surface area contributed by atoms with Crippen molar-refractivity contribution in [2.24, 2.45) is 5.41 Å². The van der Waals surface area contributed by atoms with Crippen molar-refractivity contribution < 1.29 is 17.7 Å². The summed E-state index contributed by atoms with van der Waals surface area (Å²) in [7, 11) is -3.85. The lowest BCUT2D eigenvalue weighted by Gasteiger charge is -2.12. The Bertz CT molecular complexity index is 1450. The monoisotopic (exact) mass is 475 g/mol. The molecule has 0 unspecified atom stereocenters. The molecular weight excluding hydrogens is 454 g/mol. The van der Waals surface area contributed by atoms with Gasteiger partial charge in [-0.15, -0.1) is 0 Å². The Kier molecular flexibility index (Phi) is 5.37. The molecule has 172 valence electrons. The third-order valence-corrected chi connectivity index (χ3v) is 7.08. The SMILES string of the molecule is CC1(C(=O)Nc2cccc(NS(=O)(=O)c3ccc(-c4noc(-c5cccnc5)n4)cc3)c2)CC1. The summed E-state index contributed by atoms with van der Waals surface area (Å²) in [5, 5.41) is 6.81. The van der Waals surface area contributed by atoms with Crippen molar-refractivity contribution in [3.63, 3.8) is 0 Å². The van der Waals surface area contributed by atoms with Crippen LogP contribution in [0.25, 0.3) is 22.8 Å². The summed E-state index contributed by atoms with van der Waals surface area (Å²) in [6, 6.07) is 16.4. The lowest BCUT2D eigenvalue weighted by molar-refractivity contribution is -0.120. The van der Waals surface area contributed by atoms with E-state index in [1.807, 2.05) is 6.92 Å². The quantitative estimate of drug-likeness (QED) is 0.407. The smallest absolute Gasteiger partial charge is 0.261 e. The fraction of sp³-hybridized carbons (Fsp3) is 0.167. The molecule has 10 heteroatoms. The highest BCUT2D eigenvalue weighted by Gasteiger charge is 2.44. The molecule has 2 heterocycles. The van der Waals surface area contributed by atoms with E-state index in [1.54, 1.807) is 60.9 Å². The summed E-state index contributed by atoms with van der Waals surface area (Å²) in [5.74, 6) is 0.601. The van der Waals surface area contributed by atoms with Crippen LogP contribution in [0.1, 0.15) is 19.8 Å². The number of sulfonamides is 1. The molecule has 0 spiro atoms. The summed E-state index contributed by atoms with van der Waals surface area (Å²) >= 11 is 0. The summed E-state index contributed by atoms with van der Waals surface area (Å²) in [5.41, 5.74) is 1.86. The fourth-order valence-electron chi connectivity index (χ4n) is 3.30. The van der Waals surface area contributed by atoms with E-state index in [9.17, 15) is 13.2 Å². The lowest BCUT2D eigenvalue weighted by Crippen LogP contribution is -2.21. The van der Waals surface area contributed by atoms with E-state index in [0.29, 0.717) is 34.2 Å². The van der Waals surface area contributed by atoms with Crippen LogP contribution in [0.3, 0.4) is 0 Å². The first-order chi connectivity index (χ1) is 16.3. The summed E-state index contributed by atoms with van der Waals surface area (Å²) in [6.45, 7) is 1.91. The number of rotatable bonds is 7. The molecule has 34 heavy (non-hydrogen) atoms. The average molecular weight is 476 g/mol. The van der Waals surface area contributed by atoms with Crippen LogP contribution in [0, 0.1) is 5.41 Å². The molecule has 0 radical (unpaired) electrons. The molecule has 2 aromatic carbocycles. The van der Waals surface area contributed by atoms with Crippen LogP contribution in [-0.2, 0) is 14.8 Å². The van der Waals surface area contributed by atoms with Crippen LogP contribution < -0.4 is 10.0 Å². The number of aromatic nitrogens is 3. The van der Waals surface area contributed by atoms with E-state index in [1.165, 1.54) is 12.1 Å². The van der Waals surface area contributed by atoms with Gasteiger partial charge in [-0.05, 0) is 67.4 Å². The second kappa shape index (κ2) is 8.38. The molecule has 1 saturated carbocycles. The Hall–Kier alpha value is -4.05. The van der Waals surface area contributed by atoms with E-state index in [2.05, 4.69) is 25.2 Å². The van der Waals surface area contributed by atoms with Crippen molar-refractivity contribution in [3.8, 4) is 22.8 Å². The van der Waals surface area contributed by atoms with Gasteiger partial charge in [0.25, 0.3) is 15.9 Å². The number of hydrogen-bond acceptors (Lipinski definition) is 7. The van der Waals surface area contributed by atoms with E-state index in [4.69, 9.17) is 4.52 Å². The van der Waals surface area contributed by atoms with Gasteiger partial charge in [0, 0.05) is 29.1 Å². The predicted molar refractivity (Wildman–Crippen MR) is 126 cm³/mol. The first-order valence-electron chi connectivity index (χ1n) is 10.6. The van der Waals surface area contributed by atoms with Crippen LogP contribution >= 0.6 is 0 Å². The van der Waals surface area contributed by atoms with Gasteiger partial charge in [0.1, 0.15) is 0 Å². The zero-order valence-electron chi connectivity index (χ0n) is 18.2. The van der Waals surface area contributed by atoms with E-state index in [0.717, 1.165) is 12.8 Å². The summed E-state index contributed by atoms with van der Waals surface area (Å²) in [4.78, 5) is 20.7. The molecule has 1 aliphatic carbocycles. The Labute approximate surface area is 196 Å². The Morgan fingerprint density at radius 3 is 2.47 bits per heavy atom. The van der Waals surface area contributed by atoms with Gasteiger partial charge < -0.3 is 9.84 Å². The second-order valence-corrected chi connectivity index (χ2v) is 10.1. The number of nitrogens with zero attached hydrogens (tertiary/aromatic N) is 3. The van der Waals surface area contributed by atoms with Crippen molar-refractivity contribution in [2.45, 2.75) is 24.7 Å². The number of carbonyl (C=O) groups excluding carboxylic acids is 1. The Morgan fingerprint density at radius 1 is 1.00 bits per heavy atom. The molecule has 2 N–H and O–H groups in total. The minimum absolute atomic E-state index is 0.0590. The summed E-state index contributed by atoms with van der Waals surface area (Å²) in [6.07, 6.45) is 4.98. The maximum atomic E-state index is 12.9. The standard InChI is InChI=1S/C24H21N5O4S/c1-24(11-12-24)23(30)26-18-5-2-6-19(14-18)29-34(31,32)20-9-7-16(8-10-20)21-27-22(33-28-21)17-4-3-13-25-15-17/h2-10,13-15,29H,11-12H2,1H3,(H,26,30). The minimum Gasteiger partial charge on any atom is -0.334 e. The van der Waals surface area contributed by atoms with Gasteiger partial charge >= 0.3 is 0 Å². The van der Waals surface area contributed by atoms with Crippen molar-refractivity contribution >= 4 is 27.3 Å². The number of benzene rings is 2. The molecule has 5 rings (SSSR count). The van der Waals surface area contributed by atoms with Gasteiger partial charge in [-0.3, -0.25) is 14.5 Å². The van der Waals surface area contributed by atoms with Crippen LogP contribution in [0.5, 0.6) is 0 Å². The molecule has 1 fully saturated rings. The maximum Gasteiger partial charge on any atom is 0.261 e. The van der Waals surface area contributed by atoms with Gasteiger partial charge in [-0.1, -0.05) is 18.1 Å². The first-order valence-corrected chi connectivity index (χ1v) is 12.1. The van der Waals surface area contributed by atoms with Crippen LogP contribution in [0.15, 0.2) is 82.5 Å². The predicted octanol–water partition coefficient (Wildman–Crippen LogP) is 4.34. The molecular formula is C24H21N5O4S. The molecule has 0 aliphatic heterocycles. The molecule has 0 atom stereocenters. The molecule has 1 aliphatic rings. The highest BCUT2D eigenvalue weighted by molar-refractivity contribution is 7.92. The third kappa shape index (κ3) is 4.53. The zero-order chi connectivity index (χ0) is 23.8. The zero-order valence-corrected chi connectivity index (χ0v) is 19.0. The minimum atomic E-state index is -3.85. The van der Waals surface area contributed by atoms with Crippen molar-refractivity contribution in [1.29, 1.82) is 0 Å². The van der Waals surface area contributed by atoms with Gasteiger partial charge in [0.15, 0.2) is 0 Å². The number of anilines is 2. The van der Waals surface area contributed by atoms with Gasteiger partial charge in [0.2, 0.25) is 11.7 Å². The number of amides is 1. The van der Waals surface area contributed by atoms with Gasteiger partial charge in [-0.2, -0.15) is 4.98 Å². The highest BCUT2D eigenvalue weighted by Crippen LogP contribution is 2.45. The Balaban J connectivity index is 1.30. The topological polar surface area (TPSA) is 127 Å². The molecule has 0 saturated heterocycles. The largest absolute Gasteiger partial charge is 0.334 e. The van der Waals surface area contributed by atoms with Crippen molar-refractivity contribution in [1.82, 2.24) is 15.1 Å².